The molecule has 2 N–H and O–H groups in total. The van der Waals surface area contributed by atoms with E-state index in [2.05, 4.69) is 15.5 Å². The minimum absolute atomic E-state index is 0.0701. The van der Waals surface area contributed by atoms with Crippen molar-refractivity contribution in [2.45, 2.75) is 38.8 Å². The molecule has 0 radical (unpaired) electrons. The molecular weight excluding hydrogens is 406 g/mol. The van der Waals surface area contributed by atoms with Crippen molar-refractivity contribution >= 4 is 11.8 Å². The zero-order valence-corrected chi connectivity index (χ0v) is 19.1. The van der Waals surface area contributed by atoms with Crippen LogP contribution in [-0.4, -0.2) is 56.1 Å². The molecule has 1 atom stereocenters. The summed E-state index contributed by atoms with van der Waals surface area (Å²) >= 11 is 0. The van der Waals surface area contributed by atoms with Gasteiger partial charge in [0.05, 0.1) is 25.8 Å². The average Bonchev–Trinajstić information content (AvgIpc) is 3.33. The number of carbonyl (C=O) groups is 2. The molecule has 3 rings (SSSR count). The quantitative estimate of drug-likeness (QED) is 0.595. The highest BCUT2D eigenvalue weighted by atomic mass is 16.5. The Morgan fingerprint density at radius 1 is 0.938 bits per heavy atom. The van der Waals surface area contributed by atoms with Crippen molar-refractivity contribution < 1.29 is 19.1 Å². The number of ether oxygens (including phenoxy) is 2. The smallest absolute Gasteiger partial charge is 0.251 e. The number of rotatable bonds is 10. The molecule has 7 nitrogen and oxygen atoms in total. The lowest BCUT2D eigenvalue weighted by molar-refractivity contribution is -0.120. The molecule has 0 aliphatic carbocycles. The number of carbonyl (C=O) groups excluding carboxylic acids is 2. The number of nitrogens with zero attached hydrogens (tertiary/aromatic N) is 1. The maximum atomic E-state index is 12.4. The molecule has 1 aliphatic heterocycles. The van der Waals surface area contributed by atoms with Crippen LogP contribution in [0.1, 0.15) is 48.7 Å². The fourth-order valence-electron chi connectivity index (χ4n) is 3.83. The third-order valence-corrected chi connectivity index (χ3v) is 5.47. The van der Waals surface area contributed by atoms with Crippen LogP contribution in [0, 0.1) is 0 Å². The van der Waals surface area contributed by atoms with Crippen molar-refractivity contribution in [2.24, 2.45) is 0 Å². The Kier molecular flexibility index (Phi) is 8.50. The molecule has 2 aromatic carbocycles. The van der Waals surface area contributed by atoms with Gasteiger partial charge in [0.2, 0.25) is 5.91 Å². The van der Waals surface area contributed by atoms with Gasteiger partial charge in [-0.2, -0.15) is 0 Å². The summed E-state index contributed by atoms with van der Waals surface area (Å²) in [6, 6.07) is 15.0. The summed E-state index contributed by atoms with van der Waals surface area (Å²) in [5.74, 6) is 1.02. The summed E-state index contributed by atoms with van der Waals surface area (Å²) in [6.07, 6.45) is 2.40. The number of likely N-dealkylation sites (tertiary alicyclic amines) is 1. The third-order valence-electron chi connectivity index (χ3n) is 5.47. The van der Waals surface area contributed by atoms with Crippen LogP contribution in [0.25, 0.3) is 0 Å². The largest absolute Gasteiger partial charge is 0.497 e. The zero-order valence-electron chi connectivity index (χ0n) is 19.1. The van der Waals surface area contributed by atoms with Crippen molar-refractivity contribution in [2.75, 3.05) is 33.3 Å². The van der Waals surface area contributed by atoms with E-state index >= 15 is 0 Å². The van der Waals surface area contributed by atoms with Gasteiger partial charge in [0.25, 0.3) is 5.91 Å². The predicted molar refractivity (Wildman–Crippen MR) is 124 cm³/mol. The highest BCUT2D eigenvalue weighted by Crippen LogP contribution is 2.26. The molecule has 0 bridgehead atoms. The van der Waals surface area contributed by atoms with Gasteiger partial charge in [-0.25, -0.2) is 0 Å². The maximum absolute atomic E-state index is 12.4. The van der Waals surface area contributed by atoms with Crippen LogP contribution in [0.5, 0.6) is 11.5 Å². The summed E-state index contributed by atoms with van der Waals surface area (Å²) in [5.41, 5.74) is 1.63. The Hall–Kier alpha value is -3.06. The van der Waals surface area contributed by atoms with Gasteiger partial charge in [-0.3, -0.25) is 14.5 Å². The molecule has 2 aromatic rings. The van der Waals surface area contributed by atoms with Crippen molar-refractivity contribution in [1.29, 1.82) is 0 Å². The summed E-state index contributed by atoms with van der Waals surface area (Å²) < 4.78 is 10.8. The Morgan fingerprint density at radius 2 is 1.56 bits per heavy atom. The minimum Gasteiger partial charge on any atom is -0.497 e. The molecular formula is C25H33N3O4. The molecule has 0 spiro atoms. The van der Waals surface area contributed by atoms with Crippen molar-refractivity contribution in [3.63, 3.8) is 0 Å². The Bertz CT molecular complexity index is 875. The van der Waals surface area contributed by atoms with E-state index in [4.69, 9.17) is 9.47 Å². The molecule has 32 heavy (non-hydrogen) atoms. The van der Waals surface area contributed by atoms with Gasteiger partial charge in [-0.05, 0) is 81.7 Å². The monoisotopic (exact) mass is 439 g/mol. The van der Waals surface area contributed by atoms with Crippen LogP contribution < -0.4 is 20.1 Å². The highest BCUT2D eigenvalue weighted by molar-refractivity contribution is 5.96. The number of methoxy groups -OCH3 is 1. The van der Waals surface area contributed by atoms with Crippen LogP contribution in [0.4, 0.5) is 0 Å². The van der Waals surface area contributed by atoms with Gasteiger partial charge in [-0.15, -0.1) is 0 Å². The number of hydrogen-bond donors (Lipinski definition) is 2. The van der Waals surface area contributed by atoms with Gasteiger partial charge < -0.3 is 20.1 Å². The molecule has 172 valence electrons. The first kappa shape index (κ1) is 23.6. The number of benzene rings is 2. The van der Waals surface area contributed by atoms with Crippen molar-refractivity contribution in [3.8, 4) is 11.5 Å². The third kappa shape index (κ3) is 6.72. The summed E-state index contributed by atoms with van der Waals surface area (Å²) in [5, 5.41) is 5.66. The van der Waals surface area contributed by atoms with Crippen LogP contribution in [0.3, 0.4) is 0 Å². The zero-order chi connectivity index (χ0) is 22.9. The second kappa shape index (κ2) is 11.5. The molecule has 2 amide bonds. The maximum Gasteiger partial charge on any atom is 0.251 e. The molecule has 1 heterocycles. The topological polar surface area (TPSA) is 79.9 Å². The second-order valence-electron chi connectivity index (χ2n) is 8.21. The average molecular weight is 440 g/mol. The number of hydrogen-bond acceptors (Lipinski definition) is 5. The first-order chi connectivity index (χ1) is 15.5. The molecule has 1 unspecified atom stereocenters. The van der Waals surface area contributed by atoms with E-state index in [1.165, 1.54) is 0 Å². The van der Waals surface area contributed by atoms with E-state index in [9.17, 15) is 9.59 Å². The number of nitrogens with one attached hydrogen (secondary N) is 2. The Balaban J connectivity index is 1.51. The SMILES string of the molecule is COc1ccc(C(CNC(=O)CNC(=O)c2ccc(OC(C)C)cc2)N2CCCC2)cc1. The van der Waals surface area contributed by atoms with E-state index in [1.807, 2.05) is 38.1 Å². The van der Waals surface area contributed by atoms with E-state index in [-0.39, 0.29) is 30.5 Å². The van der Waals surface area contributed by atoms with Gasteiger partial charge in [0.15, 0.2) is 0 Å². The molecule has 1 fully saturated rings. The minimum atomic E-state index is -0.289. The van der Waals surface area contributed by atoms with Crippen LogP contribution in [-0.2, 0) is 4.79 Å². The molecule has 1 aliphatic rings. The summed E-state index contributed by atoms with van der Waals surface area (Å²) in [4.78, 5) is 27.2. The first-order valence-electron chi connectivity index (χ1n) is 11.2. The van der Waals surface area contributed by atoms with Crippen molar-refractivity contribution in [3.05, 3.63) is 59.7 Å². The fourth-order valence-corrected chi connectivity index (χ4v) is 3.83. The number of amides is 2. The first-order valence-corrected chi connectivity index (χ1v) is 11.2. The summed E-state index contributed by atoms with van der Waals surface area (Å²) in [6.45, 7) is 6.34. The Morgan fingerprint density at radius 3 is 2.16 bits per heavy atom. The molecule has 0 aromatic heterocycles. The normalized spacial score (nSPS) is 14.8. The van der Waals surface area contributed by atoms with Gasteiger partial charge in [0.1, 0.15) is 11.5 Å². The van der Waals surface area contributed by atoms with Crippen molar-refractivity contribution in [1.82, 2.24) is 15.5 Å². The van der Waals surface area contributed by atoms with Crippen LogP contribution >= 0.6 is 0 Å². The lowest BCUT2D eigenvalue weighted by atomic mass is 10.1. The van der Waals surface area contributed by atoms with E-state index < -0.39 is 0 Å². The van der Waals surface area contributed by atoms with E-state index in [0.717, 1.165) is 37.2 Å². The highest BCUT2D eigenvalue weighted by Gasteiger charge is 2.24. The standard InChI is InChI=1S/C25H33N3O4/c1-18(2)32-22-12-8-20(9-13-22)25(30)27-17-24(29)26-16-23(28-14-4-5-15-28)19-6-10-21(31-3)11-7-19/h6-13,18,23H,4-5,14-17H2,1-3H3,(H,26,29)(H,27,30). The summed E-state index contributed by atoms with van der Waals surface area (Å²) in [7, 11) is 1.65. The Labute approximate surface area is 190 Å². The van der Waals surface area contributed by atoms with Gasteiger partial charge in [0, 0.05) is 12.1 Å². The van der Waals surface area contributed by atoms with Gasteiger partial charge >= 0.3 is 0 Å². The lowest BCUT2D eigenvalue weighted by Gasteiger charge is -2.28. The second-order valence-corrected chi connectivity index (χ2v) is 8.21. The van der Waals surface area contributed by atoms with Gasteiger partial charge in [-0.1, -0.05) is 12.1 Å². The fraction of sp³-hybridized carbons (Fsp3) is 0.440. The molecule has 0 saturated carbocycles. The van der Waals surface area contributed by atoms with E-state index in [0.29, 0.717) is 17.9 Å². The molecule has 1 saturated heterocycles. The van der Waals surface area contributed by atoms with Crippen LogP contribution in [0.15, 0.2) is 48.5 Å². The predicted octanol–water partition coefficient (Wildman–Crippen LogP) is 3.17. The lowest BCUT2D eigenvalue weighted by Crippen LogP contribution is -2.41. The van der Waals surface area contributed by atoms with Crippen LogP contribution in [0.2, 0.25) is 0 Å². The molecule has 7 heteroatoms. The van der Waals surface area contributed by atoms with E-state index in [1.54, 1.807) is 31.4 Å².